The van der Waals surface area contributed by atoms with Crippen LogP contribution in [0.4, 0.5) is 0 Å². The van der Waals surface area contributed by atoms with Crippen molar-refractivity contribution in [1.29, 1.82) is 0 Å². The van der Waals surface area contributed by atoms with Gasteiger partial charge in [-0.3, -0.25) is 9.88 Å². The van der Waals surface area contributed by atoms with Crippen molar-refractivity contribution in [3.63, 3.8) is 0 Å². The van der Waals surface area contributed by atoms with E-state index in [-0.39, 0.29) is 6.04 Å². The molecule has 0 bridgehead atoms. The van der Waals surface area contributed by atoms with Crippen molar-refractivity contribution in [2.45, 2.75) is 32.0 Å². The maximum Gasteiger partial charge on any atom is 0.211 e. The average molecular weight is 413 g/mol. The summed E-state index contributed by atoms with van der Waals surface area (Å²) >= 11 is 0. The second kappa shape index (κ2) is 8.26. The van der Waals surface area contributed by atoms with Gasteiger partial charge in [0.1, 0.15) is 0 Å². The van der Waals surface area contributed by atoms with Crippen molar-refractivity contribution in [2.24, 2.45) is 7.05 Å². The zero-order valence-electron chi connectivity index (χ0n) is 17.0. The highest BCUT2D eigenvalue weighted by Crippen LogP contribution is 2.25. The number of piperidine rings is 1. The van der Waals surface area contributed by atoms with Gasteiger partial charge in [0.15, 0.2) is 0 Å². The maximum absolute atomic E-state index is 12.6. The minimum Gasteiger partial charge on any atom is -0.350 e. The van der Waals surface area contributed by atoms with E-state index in [0.717, 1.165) is 38.0 Å². The molecule has 1 aliphatic rings. The van der Waals surface area contributed by atoms with E-state index in [2.05, 4.69) is 52.0 Å². The minimum atomic E-state index is -3.31. The van der Waals surface area contributed by atoms with Crippen LogP contribution in [0.25, 0.3) is 10.9 Å². The summed E-state index contributed by atoms with van der Waals surface area (Å²) in [5.41, 5.74) is 3.44. The Kier molecular flexibility index (Phi) is 5.72. The Morgan fingerprint density at radius 1 is 1.21 bits per heavy atom. The van der Waals surface area contributed by atoms with Crippen LogP contribution >= 0.6 is 0 Å². The monoisotopic (exact) mass is 412 g/mol. The number of sulfonamides is 1. The summed E-state index contributed by atoms with van der Waals surface area (Å²) in [6.07, 6.45) is 8.84. The number of benzene rings is 1. The van der Waals surface area contributed by atoms with E-state index in [4.69, 9.17) is 0 Å². The quantitative estimate of drug-likeness (QED) is 0.625. The van der Waals surface area contributed by atoms with Gasteiger partial charge in [0.25, 0.3) is 0 Å². The second-order valence-corrected chi connectivity index (χ2v) is 9.92. The van der Waals surface area contributed by atoms with Crippen molar-refractivity contribution < 1.29 is 8.42 Å². The Labute approximate surface area is 172 Å². The molecule has 4 rings (SSSR count). The van der Waals surface area contributed by atoms with E-state index >= 15 is 0 Å². The van der Waals surface area contributed by atoms with Crippen LogP contribution in [0.15, 0.2) is 55.0 Å². The zero-order valence-corrected chi connectivity index (χ0v) is 17.8. The highest BCUT2D eigenvalue weighted by molar-refractivity contribution is 7.88. The molecule has 0 saturated carbocycles. The van der Waals surface area contributed by atoms with Crippen LogP contribution in [0.2, 0.25) is 0 Å². The Balaban J connectivity index is 1.53. The molecule has 3 aromatic rings. The Bertz CT molecular complexity index is 1080. The van der Waals surface area contributed by atoms with E-state index in [9.17, 15) is 8.42 Å². The van der Waals surface area contributed by atoms with Gasteiger partial charge in [-0.15, -0.1) is 0 Å². The SMILES string of the molecule is Cn1cc(CN2CCCC(N(Cc3cccnc3)S(C)(=O)=O)C2)c2ccccc21. The largest absolute Gasteiger partial charge is 0.350 e. The molecule has 29 heavy (non-hydrogen) atoms. The first-order chi connectivity index (χ1) is 13.9. The van der Waals surface area contributed by atoms with Crippen molar-refractivity contribution >= 4 is 20.9 Å². The molecule has 154 valence electrons. The van der Waals surface area contributed by atoms with Crippen molar-refractivity contribution in [2.75, 3.05) is 19.3 Å². The Morgan fingerprint density at radius 3 is 2.79 bits per heavy atom. The molecule has 2 aromatic heterocycles. The lowest BCUT2D eigenvalue weighted by molar-refractivity contribution is 0.140. The molecule has 0 amide bonds. The van der Waals surface area contributed by atoms with Gasteiger partial charge in [-0.25, -0.2) is 8.42 Å². The van der Waals surface area contributed by atoms with Crippen LogP contribution in [0.1, 0.15) is 24.0 Å². The predicted octanol–water partition coefficient (Wildman–Crippen LogP) is 3.00. The van der Waals surface area contributed by atoms with Gasteiger partial charge in [0.05, 0.1) is 6.26 Å². The summed E-state index contributed by atoms with van der Waals surface area (Å²) in [6, 6.07) is 12.2. The molecule has 0 radical (unpaired) electrons. The van der Waals surface area contributed by atoms with Crippen molar-refractivity contribution in [3.05, 3.63) is 66.1 Å². The first-order valence-electron chi connectivity index (χ1n) is 10.0. The third-order valence-corrected chi connectivity index (χ3v) is 7.03. The Morgan fingerprint density at radius 2 is 2.03 bits per heavy atom. The fourth-order valence-electron chi connectivity index (χ4n) is 4.39. The van der Waals surface area contributed by atoms with E-state index in [1.807, 2.05) is 12.1 Å². The van der Waals surface area contributed by atoms with Crippen LogP contribution in [-0.4, -0.2) is 52.6 Å². The summed E-state index contributed by atoms with van der Waals surface area (Å²) in [6.45, 7) is 2.95. The van der Waals surface area contributed by atoms with Crippen molar-refractivity contribution in [1.82, 2.24) is 18.8 Å². The molecule has 0 spiro atoms. The van der Waals surface area contributed by atoms with Gasteiger partial charge in [-0.05, 0) is 42.6 Å². The van der Waals surface area contributed by atoms with Gasteiger partial charge in [0, 0.05) is 62.2 Å². The first-order valence-corrected chi connectivity index (χ1v) is 11.9. The van der Waals surface area contributed by atoms with Gasteiger partial charge >= 0.3 is 0 Å². The van der Waals surface area contributed by atoms with Crippen LogP contribution in [0.5, 0.6) is 0 Å². The summed E-state index contributed by atoms with van der Waals surface area (Å²) in [5.74, 6) is 0. The molecule has 1 unspecified atom stereocenters. The molecular formula is C22H28N4O2S. The average Bonchev–Trinajstić information content (AvgIpc) is 3.02. The maximum atomic E-state index is 12.6. The summed E-state index contributed by atoms with van der Waals surface area (Å²) in [4.78, 5) is 6.52. The number of hydrogen-bond donors (Lipinski definition) is 0. The zero-order chi connectivity index (χ0) is 20.4. The van der Waals surface area contributed by atoms with Crippen LogP contribution in [0.3, 0.4) is 0 Å². The molecule has 1 saturated heterocycles. The smallest absolute Gasteiger partial charge is 0.211 e. The second-order valence-electron chi connectivity index (χ2n) is 7.98. The highest BCUT2D eigenvalue weighted by atomic mass is 32.2. The van der Waals surface area contributed by atoms with Gasteiger partial charge in [-0.1, -0.05) is 24.3 Å². The molecule has 1 aromatic carbocycles. The topological polar surface area (TPSA) is 58.4 Å². The number of pyridine rings is 1. The van der Waals surface area contributed by atoms with E-state index in [1.54, 1.807) is 16.7 Å². The van der Waals surface area contributed by atoms with Crippen molar-refractivity contribution in [3.8, 4) is 0 Å². The van der Waals surface area contributed by atoms with Gasteiger partial charge in [-0.2, -0.15) is 4.31 Å². The predicted molar refractivity (Wildman–Crippen MR) is 116 cm³/mol. The summed E-state index contributed by atoms with van der Waals surface area (Å²) < 4.78 is 28.9. The molecule has 6 nitrogen and oxygen atoms in total. The standard InChI is InChI=1S/C22H28N4O2S/c1-24-15-19(21-9-3-4-10-22(21)24)16-25-12-6-8-20(17-25)26(29(2,27)28)14-18-7-5-11-23-13-18/h3-5,7,9-11,13,15,20H,6,8,12,14,16-17H2,1-2H3. The number of hydrogen-bond acceptors (Lipinski definition) is 4. The third kappa shape index (κ3) is 4.52. The molecule has 1 atom stereocenters. The third-order valence-electron chi connectivity index (χ3n) is 5.75. The molecule has 3 heterocycles. The van der Waals surface area contributed by atoms with Gasteiger partial charge < -0.3 is 4.57 Å². The fourth-order valence-corrected chi connectivity index (χ4v) is 5.49. The number of aryl methyl sites for hydroxylation is 1. The molecular weight excluding hydrogens is 384 g/mol. The van der Waals surface area contributed by atoms with Crippen LogP contribution < -0.4 is 0 Å². The molecule has 1 aliphatic heterocycles. The number of aromatic nitrogens is 2. The Hall–Kier alpha value is -2.22. The molecule has 0 aliphatic carbocycles. The number of likely N-dealkylation sites (tertiary alicyclic amines) is 1. The lowest BCUT2D eigenvalue weighted by Crippen LogP contribution is -2.49. The summed E-state index contributed by atoms with van der Waals surface area (Å²) in [7, 11) is -1.24. The van der Waals surface area contributed by atoms with Crippen LogP contribution in [0, 0.1) is 0 Å². The highest BCUT2D eigenvalue weighted by Gasteiger charge is 2.31. The first kappa shape index (κ1) is 20.1. The number of para-hydroxylation sites is 1. The van der Waals surface area contributed by atoms with E-state index < -0.39 is 10.0 Å². The molecule has 1 fully saturated rings. The fraction of sp³-hybridized carbons (Fsp3) is 0.409. The summed E-state index contributed by atoms with van der Waals surface area (Å²) in [5, 5.41) is 1.27. The number of rotatable bonds is 6. The molecule has 7 heteroatoms. The minimum absolute atomic E-state index is 0.0195. The normalized spacial score (nSPS) is 18.5. The van der Waals surface area contributed by atoms with Gasteiger partial charge in [0.2, 0.25) is 10.0 Å². The molecule has 0 N–H and O–H groups in total. The number of nitrogens with zero attached hydrogens (tertiary/aromatic N) is 4. The lowest BCUT2D eigenvalue weighted by atomic mass is 10.0. The van der Waals surface area contributed by atoms with E-state index in [1.165, 1.54) is 22.7 Å². The van der Waals surface area contributed by atoms with Crippen LogP contribution in [-0.2, 0) is 30.2 Å². The number of fused-ring (bicyclic) bond motifs is 1. The van der Waals surface area contributed by atoms with E-state index in [0.29, 0.717) is 6.54 Å². The lowest BCUT2D eigenvalue weighted by Gasteiger charge is -2.38.